The van der Waals surface area contributed by atoms with Gasteiger partial charge in [0.25, 0.3) is 0 Å². The van der Waals surface area contributed by atoms with Crippen molar-refractivity contribution in [3.8, 4) is 0 Å². The highest BCUT2D eigenvalue weighted by Crippen LogP contribution is 2.20. The normalized spacial score (nSPS) is 13.3. The zero-order valence-electron chi connectivity index (χ0n) is 27.1. The summed E-state index contributed by atoms with van der Waals surface area (Å²) in [7, 11) is 0. The Bertz CT molecular complexity index is 385. The molecule has 0 heterocycles. The van der Waals surface area contributed by atoms with Gasteiger partial charge in [0.1, 0.15) is 0 Å². The fraction of sp³-hybridized carbons (Fsp3) is 1.00. The van der Waals surface area contributed by atoms with E-state index in [1.54, 1.807) is 0 Å². The molecule has 2 atom stereocenters. The van der Waals surface area contributed by atoms with Gasteiger partial charge in [-0.1, -0.05) is 227 Å². The van der Waals surface area contributed by atoms with Gasteiger partial charge in [0.2, 0.25) is 0 Å². The van der Waals surface area contributed by atoms with Crippen LogP contribution in [0.1, 0.15) is 227 Å². The topological polar surface area (TPSA) is 0 Å². The van der Waals surface area contributed by atoms with Crippen LogP contribution in [0.4, 0.5) is 0 Å². The highest BCUT2D eigenvalue weighted by Gasteiger charge is 2.03. The summed E-state index contributed by atoms with van der Waals surface area (Å²) in [5, 5.41) is 0. The first kappa shape index (κ1) is 37.0. The van der Waals surface area contributed by atoms with Crippen molar-refractivity contribution in [3.63, 3.8) is 0 Å². The average molecular weight is 521 g/mol. The highest BCUT2D eigenvalue weighted by molar-refractivity contribution is 4.57. The van der Waals surface area contributed by atoms with Crippen LogP contribution < -0.4 is 0 Å². The molecule has 0 N–H and O–H groups in total. The summed E-state index contributed by atoms with van der Waals surface area (Å²) >= 11 is 0. The average Bonchev–Trinajstić information content (AvgIpc) is 2.90. The minimum absolute atomic E-state index is 0.941. The van der Waals surface area contributed by atoms with E-state index in [0.29, 0.717) is 0 Å². The van der Waals surface area contributed by atoms with Crippen molar-refractivity contribution in [2.75, 3.05) is 0 Å². The lowest BCUT2D eigenvalue weighted by molar-refractivity contribution is 0.418. The molecule has 2 unspecified atom stereocenters. The summed E-state index contributed by atoms with van der Waals surface area (Å²) in [6.45, 7) is 9.54. The van der Waals surface area contributed by atoms with Crippen molar-refractivity contribution in [3.05, 3.63) is 0 Å². The molecule has 0 aliphatic heterocycles. The van der Waals surface area contributed by atoms with Crippen molar-refractivity contribution in [1.82, 2.24) is 0 Å². The van der Waals surface area contributed by atoms with E-state index in [1.165, 1.54) is 199 Å². The molecule has 0 amide bonds. The maximum Gasteiger partial charge on any atom is -0.0443 e. The number of hydrogen-bond acceptors (Lipinski definition) is 0. The fourth-order valence-electron chi connectivity index (χ4n) is 5.97. The van der Waals surface area contributed by atoms with Gasteiger partial charge in [-0.2, -0.15) is 0 Å². The molecule has 0 saturated heterocycles. The third kappa shape index (κ3) is 32.1. The molecule has 0 spiro atoms. The predicted octanol–water partition coefficient (Wildman–Crippen LogP) is 14.4. The molecule has 0 bridgehead atoms. The summed E-state index contributed by atoms with van der Waals surface area (Å²) in [6.07, 6.45) is 45.7. The highest BCUT2D eigenvalue weighted by atomic mass is 14.1. The van der Waals surface area contributed by atoms with Gasteiger partial charge in [-0.3, -0.25) is 0 Å². The Balaban J connectivity index is 3.11. The zero-order chi connectivity index (χ0) is 27.1. The second-order valence-electron chi connectivity index (χ2n) is 13.2. The first-order valence-electron chi connectivity index (χ1n) is 18.2. The van der Waals surface area contributed by atoms with Crippen LogP contribution in [0, 0.1) is 11.8 Å². The second-order valence-corrected chi connectivity index (χ2v) is 13.2. The Labute approximate surface area is 238 Å². The lowest BCUT2D eigenvalue weighted by Crippen LogP contribution is -1.96. The summed E-state index contributed by atoms with van der Waals surface area (Å²) in [6, 6.07) is 0. The molecule has 0 rings (SSSR count). The van der Waals surface area contributed by atoms with Crippen molar-refractivity contribution in [2.24, 2.45) is 11.8 Å². The Hall–Kier alpha value is 0. The molecule has 0 radical (unpaired) electrons. The molecular formula is C37H76. The molecule has 0 aromatic rings. The summed E-state index contributed by atoms with van der Waals surface area (Å²) in [5.74, 6) is 1.90. The maximum absolute atomic E-state index is 2.49. The predicted molar refractivity (Wildman–Crippen MR) is 173 cm³/mol. The van der Waals surface area contributed by atoms with Crippen LogP contribution in [0.5, 0.6) is 0 Å². The van der Waals surface area contributed by atoms with Gasteiger partial charge in [-0.05, 0) is 11.8 Å². The summed E-state index contributed by atoms with van der Waals surface area (Å²) in [4.78, 5) is 0. The van der Waals surface area contributed by atoms with Crippen LogP contribution in [0.25, 0.3) is 0 Å². The first-order valence-corrected chi connectivity index (χ1v) is 18.2. The molecule has 0 fully saturated rings. The van der Waals surface area contributed by atoms with E-state index in [9.17, 15) is 0 Å². The maximum atomic E-state index is 2.49. The van der Waals surface area contributed by atoms with E-state index in [0.717, 1.165) is 11.8 Å². The molecule has 0 aliphatic carbocycles. The molecule has 0 aliphatic rings. The van der Waals surface area contributed by atoms with Gasteiger partial charge in [-0.25, -0.2) is 0 Å². The van der Waals surface area contributed by atoms with E-state index in [-0.39, 0.29) is 0 Å². The monoisotopic (exact) mass is 521 g/mol. The van der Waals surface area contributed by atoms with E-state index >= 15 is 0 Å². The van der Waals surface area contributed by atoms with E-state index in [1.807, 2.05) is 0 Å². The number of hydrogen-bond donors (Lipinski definition) is 0. The van der Waals surface area contributed by atoms with Gasteiger partial charge < -0.3 is 0 Å². The van der Waals surface area contributed by atoms with Crippen molar-refractivity contribution < 1.29 is 0 Å². The van der Waals surface area contributed by atoms with E-state index < -0.39 is 0 Å². The molecule has 37 heavy (non-hydrogen) atoms. The molecular weight excluding hydrogens is 444 g/mol. The largest absolute Gasteiger partial charge is 0.0654 e. The molecule has 224 valence electrons. The quantitative estimate of drug-likeness (QED) is 0.0773. The standard InChI is InChI=1S/C37H76/c1-5-7-8-9-10-11-12-13-14-15-16-17-18-19-20-21-22-23-24-25-26-27-28-30-34-37(4)35-32-29-31-33-36(3)6-2/h36-37H,5-35H2,1-4H3. The van der Waals surface area contributed by atoms with Crippen LogP contribution in [-0.2, 0) is 0 Å². The van der Waals surface area contributed by atoms with Crippen LogP contribution in [0.2, 0.25) is 0 Å². The van der Waals surface area contributed by atoms with Gasteiger partial charge in [0.15, 0.2) is 0 Å². The minimum Gasteiger partial charge on any atom is -0.0654 e. The molecule has 0 aromatic heterocycles. The number of unbranched alkanes of at least 4 members (excludes halogenated alkanes) is 25. The SMILES string of the molecule is CCCCCCCCCCCCCCCCCCCCCCCCCCC(C)CCCCCC(C)CC. The first-order chi connectivity index (χ1) is 18.2. The third-order valence-corrected chi connectivity index (χ3v) is 9.14. The van der Waals surface area contributed by atoms with Crippen LogP contribution in [-0.4, -0.2) is 0 Å². The summed E-state index contributed by atoms with van der Waals surface area (Å²) < 4.78 is 0. The molecule has 0 aromatic carbocycles. The van der Waals surface area contributed by atoms with Gasteiger partial charge in [0, 0.05) is 0 Å². The van der Waals surface area contributed by atoms with E-state index in [2.05, 4.69) is 27.7 Å². The lowest BCUT2D eigenvalue weighted by Gasteiger charge is -2.12. The van der Waals surface area contributed by atoms with Gasteiger partial charge in [0.05, 0.1) is 0 Å². The third-order valence-electron chi connectivity index (χ3n) is 9.14. The molecule has 0 nitrogen and oxygen atoms in total. The van der Waals surface area contributed by atoms with Crippen molar-refractivity contribution in [1.29, 1.82) is 0 Å². The zero-order valence-corrected chi connectivity index (χ0v) is 27.1. The molecule has 0 heteroatoms. The van der Waals surface area contributed by atoms with Crippen LogP contribution in [0.15, 0.2) is 0 Å². The summed E-state index contributed by atoms with van der Waals surface area (Å²) in [5.41, 5.74) is 0. The Morgan fingerprint density at radius 1 is 0.270 bits per heavy atom. The Morgan fingerprint density at radius 3 is 0.757 bits per heavy atom. The van der Waals surface area contributed by atoms with Crippen LogP contribution in [0.3, 0.4) is 0 Å². The Morgan fingerprint density at radius 2 is 0.486 bits per heavy atom. The number of rotatable bonds is 32. The smallest absolute Gasteiger partial charge is 0.0443 e. The Kier molecular flexibility index (Phi) is 32.2. The van der Waals surface area contributed by atoms with Gasteiger partial charge >= 0.3 is 0 Å². The molecule has 0 saturated carbocycles. The van der Waals surface area contributed by atoms with Crippen LogP contribution >= 0.6 is 0 Å². The second kappa shape index (κ2) is 32.2. The minimum atomic E-state index is 0.941. The van der Waals surface area contributed by atoms with E-state index in [4.69, 9.17) is 0 Å². The van der Waals surface area contributed by atoms with Crippen molar-refractivity contribution >= 4 is 0 Å². The fourth-order valence-corrected chi connectivity index (χ4v) is 5.97. The van der Waals surface area contributed by atoms with Gasteiger partial charge in [-0.15, -0.1) is 0 Å². The van der Waals surface area contributed by atoms with Crippen molar-refractivity contribution in [2.45, 2.75) is 227 Å². The lowest BCUT2D eigenvalue weighted by atomic mass is 9.94.